The van der Waals surface area contributed by atoms with E-state index in [0.29, 0.717) is 12.0 Å². The third kappa shape index (κ3) is 3.02. The minimum Gasteiger partial charge on any atom is -0.469 e. The first-order chi connectivity index (χ1) is 11.6. The summed E-state index contributed by atoms with van der Waals surface area (Å²) in [5, 5.41) is 3.22. The van der Waals surface area contributed by atoms with Crippen molar-refractivity contribution in [3.8, 4) is 0 Å². The van der Waals surface area contributed by atoms with Crippen LogP contribution in [0, 0.1) is 29.1 Å². The molecule has 0 spiro atoms. The van der Waals surface area contributed by atoms with Crippen molar-refractivity contribution >= 4 is 12.0 Å². The van der Waals surface area contributed by atoms with Gasteiger partial charge in [0.25, 0.3) is 0 Å². The molecule has 4 aliphatic carbocycles. The van der Waals surface area contributed by atoms with Gasteiger partial charge in [0.15, 0.2) is 0 Å². The number of carbonyl (C=O) groups excluding carboxylic acids is 2. The summed E-state index contributed by atoms with van der Waals surface area (Å²) in [4.78, 5) is 26.2. The quantitative estimate of drug-likeness (QED) is 0.808. The van der Waals surface area contributed by atoms with Crippen molar-refractivity contribution in [3.63, 3.8) is 0 Å². The summed E-state index contributed by atoms with van der Waals surface area (Å²) in [6, 6.07) is 0.0133. The monoisotopic (exact) mass is 334 g/mol. The number of hydrogen-bond donors (Lipinski definition) is 1. The standard InChI is InChI=1S/C19H30N2O3/c1-24-17(22)16-3-2-4-21(11-16)18(23)20-12-19-8-13-5-14(9-19)7-15(6-13)10-19/h13-16H,2-12H2,1H3,(H,20,23)/t13?,14?,15?,16-,19?/m1/s1. The lowest BCUT2D eigenvalue weighted by molar-refractivity contribution is -0.146. The van der Waals surface area contributed by atoms with Crippen LogP contribution in [-0.4, -0.2) is 43.6 Å². The van der Waals surface area contributed by atoms with Crippen LogP contribution in [0.3, 0.4) is 0 Å². The topological polar surface area (TPSA) is 58.6 Å². The molecule has 1 aliphatic heterocycles. The SMILES string of the molecule is COC(=O)[C@@H]1CCCN(C(=O)NCC23CC4CC(CC(C4)C2)C3)C1. The zero-order chi connectivity index (χ0) is 16.7. The molecule has 5 aliphatic rings. The number of hydrogen-bond acceptors (Lipinski definition) is 3. The van der Waals surface area contributed by atoms with E-state index >= 15 is 0 Å². The maximum atomic E-state index is 12.6. The van der Waals surface area contributed by atoms with E-state index in [-0.39, 0.29) is 17.9 Å². The summed E-state index contributed by atoms with van der Waals surface area (Å²) in [5.74, 6) is 2.38. The molecular weight excluding hydrogens is 304 g/mol. The fourth-order valence-electron chi connectivity index (χ4n) is 6.40. The van der Waals surface area contributed by atoms with Crippen LogP contribution in [0.4, 0.5) is 4.79 Å². The van der Waals surface area contributed by atoms with Gasteiger partial charge in [0.2, 0.25) is 0 Å². The van der Waals surface area contributed by atoms with Gasteiger partial charge in [-0.15, -0.1) is 0 Å². The van der Waals surface area contributed by atoms with Crippen LogP contribution >= 0.6 is 0 Å². The van der Waals surface area contributed by atoms with Crippen molar-refractivity contribution < 1.29 is 14.3 Å². The van der Waals surface area contributed by atoms with Crippen molar-refractivity contribution in [1.82, 2.24) is 10.2 Å². The Labute approximate surface area is 144 Å². The fraction of sp³-hybridized carbons (Fsp3) is 0.895. The van der Waals surface area contributed by atoms with Crippen LogP contribution < -0.4 is 5.32 Å². The van der Waals surface area contributed by atoms with E-state index in [9.17, 15) is 9.59 Å². The third-order valence-corrected chi connectivity index (χ3v) is 7.02. The molecule has 0 radical (unpaired) electrons. The number of nitrogens with zero attached hydrogens (tertiary/aromatic N) is 1. The molecule has 0 aromatic carbocycles. The predicted octanol–water partition coefficient (Wildman–Crippen LogP) is 2.80. The molecule has 5 nitrogen and oxygen atoms in total. The van der Waals surface area contributed by atoms with Crippen LogP contribution in [0.25, 0.3) is 0 Å². The Morgan fingerprint density at radius 2 is 1.75 bits per heavy atom. The first kappa shape index (κ1) is 16.2. The van der Waals surface area contributed by atoms with E-state index in [0.717, 1.165) is 43.7 Å². The van der Waals surface area contributed by atoms with Crippen molar-refractivity contribution in [2.24, 2.45) is 29.1 Å². The summed E-state index contributed by atoms with van der Waals surface area (Å²) in [7, 11) is 1.42. The largest absolute Gasteiger partial charge is 0.469 e. The van der Waals surface area contributed by atoms with Gasteiger partial charge in [-0.25, -0.2) is 4.79 Å². The Hall–Kier alpha value is -1.26. The zero-order valence-electron chi connectivity index (χ0n) is 14.8. The van der Waals surface area contributed by atoms with Crippen LogP contribution in [0.1, 0.15) is 51.4 Å². The molecule has 4 saturated carbocycles. The molecule has 134 valence electrons. The van der Waals surface area contributed by atoms with E-state index in [4.69, 9.17) is 4.74 Å². The highest BCUT2D eigenvalue weighted by Crippen LogP contribution is 2.59. The Morgan fingerprint density at radius 3 is 2.33 bits per heavy atom. The molecule has 5 heteroatoms. The molecule has 24 heavy (non-hydrogen) atoms. The second-order valence-corrected chi connectivity index (χ2v) is 8.88. The normalized spacial score (nSPS) is 40.5. The number of nitrogens with one attached hydrogen (secondary N) is 1. The first-order valence-electron chi connectivity index (χ1n) is 9.67. The summed E-state index contributed by atoms with van der Waals surface area (Å²) < 4.78 is 4.85. The number of methoxy groups -OCH3 is 1. The van der Waals surface area contributed by atoms with Crippen LogP contribution in [0.5, 0.6) is 0 Å². The first-order valence-corrected chi connectivity index (χ1v) is 9.67. The van der Waals surface area contributed by atoms with Gasteiger partial charge < -0.3 is 15.0 Å². The lowest BCUT2D eigenvalue weighted by Gasteiger charge is -2.57. The maximum Gasteiger partial charge on any atom is 0.317 e. The Kier molecular flexibility index (Phi) is 4.21. The summed E-state index contributed by atoms with van der Waals surface area (Å²) in [6.45, 7) is 2.08. The van der Waals surface area contributed by atoms with E-state index < -0.39 is 0 Å². The lowest BCUT2D eigenvalue weighted by atomic mass is 9.49. The molecule has 2 amide bonds. The second-order valence-electron chi connectivity index (χ2n) is 8.88. The number of esters is 1. The predicted molar refractivity (Wildman–Crippen MR) is 90.3 cm³/mol. The number of likely N-dealkylation sites (tertiary alicyclic amines) is 1. The number of amides is 2. The molecule has 0 aromatic heterocycles. The van der Waals surface area contributed by atoms with Gasteiger partial charge in [-0.1, -0.05) is 0 Å². The molecular formula is C19H30N2O3. The van der Waals surface area contributed by atoms with Crippen LogP contribution in [0.2, 0.25) is 0 Å². The summed E-state index contributed by atoms with van der Waals surface area (Å²) in [6.07, 6.45) is 9.93. The third-order valence-electron chi connectivity index (χ3n) is 7.02. The minimum absolute atomic E-state index is 0.0133. The Bertz CT molecular complexity index is 483. The molecule has 1 N–H and O–H groups in total. The highest BCUT2D eigenvalue weighted by molar-refractivity contribution is 5.77. The molecule has 1 saturated heterocycles. The smallest absolute Gasteiger partial charge is 0.317 e. The average Bonchev–Trinajstić information content (AvgIpc) is 2.58. The second kappa shape index (κ2) is 6.23. The van der Waals surface area contributed by atoms with E-state index in [1.54, 1.807) is 0 Å². The number of ether oxygens (including phenoxy) is 1. The molecule has 0 unspecified atom stereocenters. The molecule has 1 heterocycles. The molecule has 5 rings (SSSR count). The van der Waals surface area contributed by atoms with Gasteiger partial charge in [-0.3, -0.25) is 4.79 Å². The number of piperidine rings is 1. The molecule has 5 fully saturated rings. The fourth-order valence-corrected chi connectivity index (χ4v) is 6.40. The molecule has 0 aromatic rings. The van der Waals surface area contributed by atoms with Gasteiger partial charge in [0.1, 0.15) is 0 Å². The maximum absolute atomic E-state index is 12.6. The van der Waals surface area contributed by atoms with Crippen LogP contribution in [0.15, 0.2) is 0 Å². The summed E-state index contributed by atoms with van der Waals surface area (Å²) in [5.41, 5.74) is 0.363. The van der Waals surface area contributed by atoms with E-state index in [1.165, 1.54) is 45.6 Å². The van der Waals surface area contributed by atoms with Crippen molar-refractivity contribution in [2.75, 3.05) is 26.7 Å². The number of urea groups is 1. The molecule has 1 atom stereocenters. The highest BCUT2D eigenvalue weighted by Gasteiger charge is 2.50. The minimum atomic E-state index is -0.186. The Balaban J connectivity index is 1.33. The van der Waals surface area contributed by atoms with E-state index in [2.05, 4.69) is 5.32 Å². The van der Waals surface area contributed by atoms with Crippen molar-refractivity contribution in [1.29, 1.82) is 0 Å². The van der Waals surface area contributed by atoms with Gasteiger partial charge in [-0.05, 0) is 74.5 Å². The van der Waals surface area contributed by atoms with Gasteiger partial charge in [-0.2, -0.15) is 0 Å². The van der Waals surface area contributed by atoms with Gasteiger partial charge >= 0.3 is 12.0 Å². The Morgan fingerprint density at radius 1 is 1.12 bits per heavy atom. The average molecular weight is 334 g/mol. The highest BCUT2D eigenvalue weighted by atomic mass is 16.5. The van der Waals surface area contributed by atoms with E-state index in [1.807, 2.05) is 4.90 Å². The number of carbonyl (C=O) groups is 2. The number of rotatable bonds is 3. The lowest BCUT2D eigenvalue weighted by Crippen LogP contribution is -2.54. The van der Waals surface area contributed by atoms with Crippen molar-refractivity contribution in [2.45, 2.75) is 51.4 Å². The summed E-state index contributed by atoms with van der Waals surface area (Å²) >= 11 is 0. The van der Waals surface area contributed by atoms with Crippen molar-refractivity contribution in [3.05, 3.63) is 0 Å². The van der Waals surface area contributed by atoms with Gasteiger partial charge in [0, 0.05) is 19.6 Å². The molecule has 4 bridgehead atoms. The van der Waals surface area contributed by atoms with Gasteiger partial charge in [0.05, 0.1) is 13.0 Å². The van der Waals surface area contributed by atoms with Crippen LogP contribution in [-0.2, 0) is 9.53 Å². The zero-order valence-corrected chi connectivity index (χ0v) is 14.8.